The summed E-state index contributed by atoms with van der Waals surface area (Å²) in [4.78, 5) is 4.03. The van der Waals surface area contributed by atoms with Crippen LogP contribution in [0.3, 0.4) is 0 Å². The summed E-state index contributed by atoms with van der Waals surface area (Å²) in [7, 11) is 3.25. The molecule has 1 saturated carbocycles. The number of methoxy groups -OCH3 is 2. The van der Waals surface area contributed by atoms with Crippen molar-refractivity contribution in [2.45, 2.75) is 24.5 Å². The molecule has 0 aliphatic heterocycles. The molecule has 82 valence electrons. The van der Waals surface area contributed by atoms with Crippen LogP contribution in [0.15, 0.2) is 18.5 Å². The van der Waals surface area contributed by atoms with Crippen LogP contribution in [-0.4, -0.2) is 30.4 Å². The predicted molar refractivity (Wildman–Crippen MR) is 54.7 cm³/mol. The monoisotopic (exact) mass is 209 g/mol. The Hall–Kier alpha value is -1.13. The minimum absolute atomic E-state index is 0.154. The van der Waals surface area contributed by atoms with Crippen molar-refractivity contribution in [2.75, 3.05) is 14.2 Å². The van der Waals surface area contributed by atoms with Gasteiger partial charge in [-0.05, 0) is 6.07 Å². The Morgan fingerprint density at radius 1 is 1.40 bits per heavy atom. The molecule has 0 bridgehead atoms. The second-order valence-electron chi connectivity index (χ2n) is 3.91. The fourth-order valence-electron chi connectivity index (χ4n) is 1.88. The molecule has 0 radical (unpaired) electrons. The molecule has 1 aromatic heterocycles. The third-order valence-corrected chi connectivity index (χ3v) is 2.95. The van der Waals surface area contributed by atoms with E-state index in [1.54, 1.807) is 26.6 Å². The summed E-state index contributed by atoms with van der Waals surface area (Å²) in [5.74, 6) is 0.668. The van der Waals surface area contributed by atoms with E-state index in [1.165, 1.54) is 0 Å². The molecule has 1 N–H and O–H groups in total. The van der Waals surface area contributed by atoms with Gasteiger partial charge in [0.25, 0.3) is 0 Å². The predicted octanol–water partition coefficient (Wildman–Crippen LogP) is 1.09. The van der Waals surface area contributed by atoms with Gasteiger partial charge in [0.1, 0.15) is 5.75 Å². The maximum absolute atomic E-state index is 10.2. The molecule has 0 unspecified atom stereocenters. The second-order valence-corrected chi connectivity index (χ2v) is 3.91. The molecule has 0 spiro atoms. The first-order chi connectivity index (χ1) is 7.18. The van der Waals surface area contributed by atoms with Gasteiger partial charge in [-0.2, -0.15) is 0 Å². The highest BCUT2D eigenvalue weighted by Crippen LogP contribution is 2.43. The van der Waals surface area contributed by atoms with Crippen LogP contribution in [0.4, 0.5) is 0 Å². The van der Waals surface area contributed by atoms with E-state index in [0.717, 1.165) is 5.56 Å². The first-order valence-electron chi connectivity index (χ1n) is 4.92. The average Bonchev–Trinajstić information content (AvgIpc) is 2.24. The van der Waals surface area contributed by atoms with E-state index in [-0.39, 0.29) is 6.10 Å². The van der Waals surface area contributed by atoms with Crippen LogP contribution in [0.25, 0.3) is 0 Å². The van der Waals surface area contributed by atoms with Crippen molar-refractivity contribution in [1.82, 2.24) is 4.98 Å². The van der Waals surface area contributed by atoms with Crippen molar-refractivity contribution >= 4 is 0 Å². The molecule has 4 heteroatoms. The fraction of sp³-hybridized carbons (Fsp3) is 0.545. The van der Waals surface area contributed by atoms with Crippen molar-refractivity contribution in [3.8, 4) is 5.75 Å². The normalized spacial score (nSPS) is 29.7. The van der Waals surface area contributed by atoms with Crippen LogP contribution in [0.5, 0.6) is 5.75 Å². The molecular weight excluding hydrogens is 194 g/mol. The molecule has 4 nitrogen and oxygen atoms in total. The standard InChI is InChI=1S/C11H15NO3/c1-14-9-3-8(6-12-7-9)11(13)4-10(5-11)15-2/h3,6-7,10,13H,4-5H2,1-2H3. The Bertz CT molecular complexity index is 347. The Morgan fingerprint density at radius 3 is 2.73 bits per heavy atom. The van der Waals surface area contributed by atoms with E-state index in [9.17, 15) is 5.11 Å². The molecule has 1 aromatic rings. The molecular formula is C11H15NO3. The smallest absolute Gasteiger partial charge is 0.137 e. The van der Waals surface area contributed by atoms with E-state index in [4.69, 9.17) is 9.47 Å². The number of pyridine rings is 1. The van der Waals surface area contributed by atoms with Crippen LogP contribution in [0, 0.1) is 0 Å². The van der Waals surface area contributed by atoms with E-state index in [0.29, 0.717) is 18.6 Å². The number of rotatable bonds is 3. The van der Waals surface area contributed by atoms with Gasteiger partial charge in [-0.3, -0.25) is 4.98 Å². The summed E-state index contributed by atoms with van der Waals surface area (Å²) in [5.41, 5.74) is 0.0116. The lowest BCUT2D eigenvalue weighted by Gasteiger charge is -2.42. The number of aliphatic hydroxyl groups is 1. The third kappa shape index (κ3) is 1.82. The van der Waals surface area contributed by atoms with Crippen molar-refractivity contribution in [2.24, 2.45) is 0 Å². The second kappa shape index (κ2) is 3.79. The maximum Gasteiger partial charge on any atom is 0.137 e. The third-order valence-electron chi connectivity index (χ3n) is 2.95. The summed E-state index contributed by atoms with van der Waals surface area (Å²) < 4.78 is 10.2. The molecule has 1 aliphatic rings. The van der Waals surface area contributed by atoms with Crippen molar-refractivity contribution in [3.05, 3.63) is 24.0 Å². The Balaban J connectivity index is 2.16. The number of hydrogen-bond acceptors (Lipinski definition) is 4. The minimum Gasteiger partial charge on any atom is -0.495 e. The van der Waals surface area contributed by atoms with Gasteiger partial charge >= 0.3 is 0 Å². The number of ether oxygens (including phenoxy) is 2. The largest absolute Gasteiger partial charge is 0.495 e. The lowest BCUT2D eigenvalue weighted by molar-refractivity contribution is -0.133. The maximum atomic E-state index is 10.2. The van der Waals surface area contributed by atoms with Gasteiger partial charge in [0.05, 0.1) is 25.0 Å². The Morgan fingerprint density at radius 2 is 2.13 bits per heavy atom. The van der Waals surface area contributed by atoms with E-state index >= 15 is 0 Å². The lowest BCUT2D eigenvalue weighted by Crippen LogP contribution is -2.45. The van der Waals surface area contributed by atoms with Gasteiger partial charge in [0.15, 0.2) is 0 Å². The van der Waals surface area contributed by atoms with Crippen LogP contribution in [0.1, 0.15) is 18.4 Å². The molecule has 0 amide bonds. The molecule has 0 atom stereocenters. The molecule has 2 rings (SSSR count). The summed E-state index contributed by atoms with van der Waals surface area (Å²) in [5, 5.41) is 10.2. The van der Waals surface area contributed by atoms with Crippen molar-refractivity contribution in [1.29, 1.82) is 0 Å². The highest BCUT2D eigenvalue weighted by molar-refractivity contribution is 5.30. The quantitative estimate of drug-likeness (QED) is 0.809. The zero-order chi connectivity index (χ0) is 10.9. The van der Waals surface area contributed by atoms with Crippen LogP contribution < -0.4 is 4.74 Å². The first kappa shape index (κ1) is 10.4. The first-order valence-corrected chi connectivity index (χ1v) is 4.92. The van der Waals surface area contributed by atoms with Gasteiger partial charge in [-0.1, -0.05) is 0 Å². The molecule has 0 aromatic carbocycles. The van der Waals surface area contributed by atoms with Crippen LogP contribution in [0.2, 0.25) is 0 Å². The highest BCUT2D eigenvalue weighted by atomic mass is 16.5. The Labute approximate surface area is 88.9 Å². The van der Waals surface area contributed by atoms with Gasteiger partial charge in [-0.15, -0.1) is 0 Å². The fourth-order valence-corrected chi connectivity index (χ4v) is 1.88. The number of aromatic nitrogens is 1. The average molecular weight is 209 g/mol. The Kier molecular flexibility index (Phi) is 2.63. The zero-order valence-corrected chi connectivity index (χ0v) is 8.93. The van der Waals surface area contributed by atoms with E-state index in [1.807, 2.05) is 6.07 Å². The topological polar surface area (TPSA) is 51.6 Å². The summed E-state index contributed by atoms with van der Waals surface area (Å²) in [6, 6.07) is 1.82. The zero-order valence-electron chi connectivity index (χ0n) is 8.93. The summed E-state index contributed by atoms with van der Waals surface area (Å²) in [6.45, 7) is 0. The molecule has 1 aliphatic carbocycles. The number of hydrogen-bond donors (Lipinski definition) is 1. The summed E-state index contributed by atoms with van der Waals surface area (Å²) >= 11 is 0. The van der Waals surface area contributed by atoms with Crippen LogP contribution in [-0.2, 0) is 10.3 Å². The van der Waals surface area contributed by atoms with Gasteiger partial charge < -0.3 is 14.6 Å². The highest BCUT2D eigenvalue weighted by Gasteiger charge is 2.44. The number of nitrogens with zero attached hydrogens (tertiary/aromatic N) is 1. The van der Waals surface area contributed by atoms with Gasteiger partial charge in [0, 0.05) is 31.7 Å². The van der Waals surface area contributed by atoms with Gasteiger partial charge in [-0.25, -0.2) is 0 Å². The van der Waals surface area contributed by atoms with E-state index in [2.05, 4.69) is 4.98 Å². The van der Waals surface area contributed by atoms with Gasteiger partial charge in [0.2, 0.25) is 0 Å². The summed E-state index contributed by atoms with van der Waals surface area (Å²) in [6.07, 6.45) is 4.70. The van der Waals surface area contributed by atoms with Crippen molar-refractivity contribution in [3.63, 3.8) is 0 Å². The SMILES string of the molecule is COc1cncc(C2(O)CC(OC)C2)c1. The molecule has 15 heavy (non-hydrogen) atoms. The molecule has 1 heterocycles. The van der Waals surface area contributed by atoms with E-state index < -0.39 is 5.60 Å². The lowest BCUT2D eigenvalue weighted by atomic mass is 9.73. The van der Waals surface area contributed by atoms with Crippen molar-refractivity contribution < 1.29 is 14.6 Å². The molecule has 0 saturated heterocycles. The van der Waals surface area contributed by atoms with Crippen LogP contribution >= 0.6 is 0 Å². The minimum atomic E-state index is -0.789. The molecule has 1 fully saturated rings.